The van der Waals surface area contributed by atoms with Crippen LogP contribution < -0.4 is 9.80 Å². The van der Waals surface area contributed by atoms with Crippen molar-refractivity contribution in [3.8, 4) is 0 Å². The van der Waals surface area contributed by atoms with Gasteiger partial charge in [-0.05, 0) is 115 Å². The maximum atomic E-state index is 2.28. The molecule has 2 heteroatoms. The van der Waals surface area contributed by atoms with E-state index in [1.165, 1.54) is 11.1 Å². The molecule has 198 valence electrons. The Morgan fingerprint density at radius 2 is 0.842 bits per heavy atom. The van der Waals surface area contributed by atoms with Gasteiger partial charge in [-0.15, -0.1) is 0 Å². The third kappa shape index (κ3) is 8.52. The summed E-state index contributed by atoms with van der Waals surface area (Å²) in [5.41, 5.74) is 9.33. The van der Waals surface area contributed by atoms with E-state index in [0.29, 0.717) is 0 Å². The minimum Gasteiger partial charge on any atom is -0.315 e. The molecule has 0 unspecified atom stereocenters. The third-order valence-electron chi connectivity index (χ3n) is 6.29. The van der Waals surface area contributed by atoms with E-state index in [0.717, 1.165) is 34.2 Å². The second-order valence-electron chi connectivity index (χ2n) is 9.08. The van der Waals surface area contributed by atoms with Crippen LogP contribution in [0.1, 0.15) is 55.4 Å². The van der Waals surface area contributed by atoms with Crippen molar-refractivity contribution in [2.45, 2.75) is 55.4 Å². The molecule has 0 amide bonds. The van der Waals surface area contributed by atoms with Crippen LogP contribution in [0.2, 0.25) is 0 Å². The fraction of sp³-hybridized carbons (Fsp3) is 0.222. The summed E-state index contributed by atoms with van der Waals surface area (Å²) in [5.74, 6) is 0. The van der Waals surface area contributed by atoms with Crippen molar-refractivity contribution in [1.82, 2.24) is 0 Å². The number of rotatable bonds is 11. The van der Waals surface area contributed by atoms with Crippen LogP contribution in [0, 0.1) is 0 Å². The molecule has 0 bridgehead atoms. The van der Waals surface area contributed by atoms with Crippen molar-refractivity contribution >= 4 is 11.4 Å². The molecule has 2 rings (SSSR count). The molecule has 0 aromatic heterocycles. The average Bonchev–Trinajstić information content (AvgIpc) is 2.95. The fourth-order valence-corrected chi connectivity index (χ4v) is 4.11. The molecule has 0 radical (unpaired) electrons. The SMILES string of the molecule is C/C=C\C(=C/C)N(/C(C)=C/C=C(C)/C(C)=C/C=C(\C)N(C(/C=C\C)=C/C)c1ccccc1)c1ccccc1. The Kier molecular flexibility index (Phi) is 12.7. The minimum atomic E-state index is 1.14. The standard InChI is InChI=1S/C36H44N2/c1-9-19-33(11-3)37(35-21-15-13-16-22-35)31(7)27-25-29(5)30(6)26-28-32(8)38(34(12-4)20-10-2)36-23-17-14-18-24-36/h9-28H,1-8H3/b19-9-,20-10-,29-25+,30-26+,31-27+,32-28+,33-11+,34-12+. The number of hydrogen-bond donors (Lipinski definition) is 0. The van der Waals surface area contributed by atoms with Crippen LogP contribution in [0.4, 0.5) is 11.4 Å². The molecule has 0 heterocycles. The zero-order valence-corrected chi connectivity index (χ0v) is 24.4. The molecule has 0 aliphatic heterocycles. The summed E-state index contributed by atoms with van der Waals surface area (Å²) in [5, 5.41) is 0. The molecule has 0 saturated carbocycles. The Morgan fingerprint density at radius 1 is 0.500 bits per heavy atom. The summed E-state index contributed by atoms with van der Waals surface area (Å²) in [7, 11) is 0. The maximum absolute atomic E-state index is 2.28. The Bertz CT molecular complexity index is 1160. The lowest BCUT2D eigenvalue weighted by Gasteiger charge is -2.27. The first kappa shape index (κ1) is 30.2. The highest BCUT2D eigenvalue weighted by atomic mass is 15.2. The second-order valence-corrected chi connectivity index (χ2v) is 9.08. The quantitative estimate of drug-likeness (QED) is 0.281. The average molecular weight is 505 g/mol. The van der Waals surface area contributed by atoms with Crippen LogP contribution in [-0.4, -0.2) is 0 Å². The Morgan fingerprint density at radius 3 is 1.13 bits per heavy atom. The third-order valence-corrected chi connectivity index (χ3v) is 6.29. The number of para-hydroxylation sites is 2. The Balaban J connectivity index is 2.40. The molecule has 0 atom stereocenters. The predicted octanol–water partition coefficient (Wildman–Crippen LogP) is 10.7. The van der Waals surface area contributed by atoms with Crippen LogP contribution in [0.15, 0.2) is 155 Å². The molecular weight excluding hydrogens is 460 g/mol. The number of hydrogen-bond acceptors (Lipinski definition) is 2. The van der Waals surface area contributed by atoms with Crippen molar-refractivity contribution < 1.29 is 0 Å². The monoisotopic (exact) mass is 504 g/mol. The van der Waals surface area contributed by atoms with Crippen LogP contribution in [0.3, 0.4) is 0 Å². The van der Waals surface area contributed by atoms with Crippen LogP contribution in [-0.2, 0) is 0 Å². The van der Waals surface area contributed by atoms with Crippen LogP contribution in [0.25, 0.3) is 0 Å². The fourth-order valence-electron chi connectivity index (χ4n) is 4.11. The Labute approximate surface area is 231 Å². The van der Waals surface area contributed by atoms with Crippen LogP contribution >= 0.6 is 0 Å². The lowest BCUT2D eigenvalue weighted by Crippen LogP contribution is -2.19. The van der Waals surface area contributed by atoms with Crippen LogP contribution in [0.5, 0.6) is 0 Å². The van der Waals surface area contributed by atoms with Gasteiger partial charge in [-0.25, -0.2) is 0 Å². The highest BCUT2D eigenvalue weighted by Crippen LogP contribution is 2.27. The van der Waals surface area contributed by atoms with Gasteiger partial charge in [0, 0.05) is 34.2 Å². The van der Waals surface area contributed by atoms with Crippen molar-refractivity contribution in [1.29, 1.82) is 0 Å². The van der Waals surface area contributed by atoms with E-state index in [-0.39, 0.29) is 0 Å². The van der Waals surface area contributed by atoms with Gasteiger partial charge in [0.05, 0.1) is 0 Å². The van der Waals surface area contributed by atoms with Crippen molar-refractivity contribution in [2.75, 3.05) is 9.80 Å². The smallest absolute Gasteiger partial charge is 0.0458 e. The van der Waals surface area contributed by atoms with E-state index in [1.54, 1.807) is 0 Å². The Hall–Kier alpha value is -4.04. The molecule has 0 aliphatic carbocycles. The number of anilines is 2. The first-order valence-electron chi connectivity index (χ1n) is 13.4. The van der Waals surface area contributed by atoms with Gasteiger partial charge in [-0.1, -0.05) is 72.9 Å². The summed E-state index contributed by atoms with van der Waals surface area (Å²) in [6, 6.07) is 21.0. The van der Waals surface area contributed by atoms with E-state index in [9.17, 15) is 0 Å². The van der Waals surface area contributed by atoms with Gasteiger partial charge in [-0.2, -0.15) is 0 Å². The zero-order chi connectivity index (χ0) is 27.9. The largest absolute Gasteiger partial charge is 0.315 e. The number of benzene rings is 2. The van der Waals surface area contributed by atoms with E-state index >= 15 is 0 Å². The molecule has 0 N–H and O–H groups in total. The molecule has 2 nitrogen and oxygen atoms in total. The number of nitrogens with zero attached hydrogens (tertiary/aromatic N) is 2. The first-order valence-corrected chi connectivity index (χ1v) is 13.4. The topological polar surface area (TPSA) is 6.48 Å². The van der Waals surface area contributed by atoms with Gasteiger partial charge in [0.15, 0.2) is 0 Å². The summed E-state index contributed by atoms with van der Waals surface area (Å²) in [6.45, 7) is 16.9. The van der Waals surface area contributed by atoms with Gasteiger partial charge >= 0.3 is 0 Å². The minimum absolute atomic E-state index is 1.14. The lowest BCUT2D eigenvalue weighted by molar-refractivity contribution is 1.09. The summed E-state index contributed by atoms with van der Waals surface area (Å²) < 4.78 is 0. The summed E-state index contributed by atoms with van der Waals surface area (Å²) >= 11 is 0. The summed E-state index contributed by atoms with van der Waals surface area (Å²) in [4.78, 5) is 4.56. The molecule has 2 aromatic carbocycles. The molecule has 0 fully saturated rings. The number of allylic oxidation sites excluding steroid dienone is 14. The maximum Gasteiger partial charge on any atom is 0.0458 e. The van der Waals surface area contributed by atoms with Gasteiger partial charge < -0.3 is 9.80 Å². The molecule has 2 aromatic rings. The molecule has 0 saturated heterocycles. The van der Waals surface area contributed by atoms with Crippen molar-refractivity contribution in [3.63, 3.8) is 0 Å². The van der Waals surface area contributed by atoms with E-state index in [1.807, 2.05) is 0 Å². The van der Waals surface area contributed by atoms with Crippen molar-refractivity contribution in [3.05, 3.63) is 155 Å². The lowest BCUT2D eigenvalue weighted by atomic mass is 10.1. The molecule has 0 aliphatic rings. The summed E-state index contributed by atoms with van der Waals surface area (Å²) in [6.07, 6.45) is 21.5. The normalized spacial score (nSPS) is 14.5. The molecule has 0 spiro atoms. The molecular formula is C36H44N2. The van der Waals surface area contributed by atoms with Gasteiger partial charge in [0.1, 0.15) is 0 Å². The first-order chi connectivity index (χ1) is 18.4. The second kappa shape index (κ2) is 15.9. The van der Waals surface area contributed by atoms with Gasteiger partial charge in [0.25, 0.3) is 0 Å². The van der Waals surface area contributed by atoms with Gasteiger partial charge in [-0.3, -0.25) is 0 Å². The van der Waals surface area contributed by atoms with Crippen molar-refractivity contribution in [2.24, 2.45) is 0 Å². The van der Waals surface area contributed by atoms with E-state index in [4.69, 9.17) is 0 Å². The zero-order valence-electron chi connectivity index (χ0n) is 24.4. The molecule has 38 heavy (non-hydrogen) atoms. The van der Waals surface area contributed by atoms with E-state index < -0.39 is 0 Å². The van der Waals surface area contributed by atoms with E-state index in [2.05, 4.69) is 187 Å². The highest BCUT2D eigenvalue weighted by molar-refractivity contribution is 5.61. The highest BCUT2D eigenvalue weighted by Gasteiger charge is 2.12. The predicted molar refractivity (Wildman–Crippen MR) is 170 cm³/mol. The van der Waals surface area contributed by atoms with Gasteiger partial charge in [0.2, 0.25) is 0 Å².